The number of nitrogens with zero attached hydrogens (tertiary/aromatic N) is 2. The lowest BCUT2D eigenvalue weighted by atomic mass is 9.94. The minimum absolute atomic E-state index is 1.09. The number of aromatic nitrogens is 1. The van der Waals surface area contributed by atoms with E-state index in [0.29, 0.717) is 0 Å². The molecule has 0 aliphatic carbocycles. The summed E-state index contributed by atoms with van der Waals surface area (Å²) in [6.07, 6.45) is 0. The molecule has 11 rings (SSSR count). The lowest BCUT2D eigenvalue weighted by Crippen LogP contribution is -2.10. The largest absolute Gasteiger partial charge is 0.310 e. The van der Waals surface area contributed by atoms with E-state index in [1.54, 1.807) is 0 Å². The summed E-state index contributed by atoms with van der Waals surface area (Å²) < 4.78 is 2.42. The van der Waals surface area contributed by atoms with Crippen LogP contribution in [0, 0.1) is 0 Å². The molecule has 282 valence electrons. The zero-order valence-electron chi connectivity index (χ0n) is 33.0. The molecule has 2 nitrogen and oxygen atoms in total. The van der Waals surface area contributed by atoms with E-state index in [1.165, 1.54) is 71.5 Å². The van der Waals surface area contributed by atoms with Crippen LogP contribution in [0.4, 0.5) is 17.1 Å². The molecular weight excluding hydrogens is 725 g/mol. The molecule has 0 amide bonds. The predicted molar refractivity (Wildman–Crippen MR) is 255 cm³/mol. The molecule has 2 heteroatoms. The maximum Gasteiger partial charge on any atom is 0.0547 e. The lowest BCUT2D eigenvalue weighted by Gasteiger charge is -2.26. The number of rotatable bonds is 8. The van der Waals surface area contributed by atoms with Crippen LogP contribution < -0.4 is 4.90 Å². The molecule has 0 aliphatic rings. The summed E-state index contributed by atoms with van der Waals surface area (Å²) in [5.41, 5.74) is 16.4. The summed E-state index contributed by atoms with van der Waals surface area (Å²) in [6, 6.07) is 87.8. The van der Waals surface area contributed by atoms with Crippen LogP contribution in [-0.2, 0) is 0 Å². The molecule has 10 aromatic carbocycles. The molecule has 0 saturated carbocycles. The zero-order valence-corrected chi connectivity index (χ0v) is 33.0. The van der Waals surface area contributed by atoms with Crippen LogP contribution in [0.15, 0.2) is 243 Å². The summed E-state index contributed by atoms with van der Waals surface area (Å²) in [7, 11) is 0. The molecule has 11 aromatic rings. The summed E-state index contributed by atoms with van der Waals surface area (Å²) in [4.78, 5) is 2.38. The van der Waals surface area contributed by atoms with Crippen molar-refractivity contribution in [3.8, 4) is 50.2 Å². The number of anilines is 3. The first-order valence-corrected chi connectivity index (χ1v) is 20.6. The highest BCUT2D eigenvalue weighted by molar-refractivity contribution is 6.25. The summed E-state index contributed by atoms with van der Waals surface area (Å²) in [6.45, 7) is 0. The van der Waals surface area contributed by atoms with Crippen LogP contribution in [0.3, 0.4) is 0 Å². The van der Waals surface area contributed by atoms with E-state index in [4.69, 9.17) is 0 Å². The van der Waals surface area contributed by atoms with Gasteiger partial charge >= 0.3 is 0 Å². The van der Waals surface area contributed by atoms with E-state index in [9.17, 15) is 0 Å². The summed E-state index contributed by atoms with van der Waals surface area (Å²) in [5, 5.41) is 5.02. The Balaban J connectivity index is 1.08. The van der Waals surface area contributed by atoms with E-state index in [0.717, 1.165) is 28.3 Å². The fourth-order valence-electron chi connectivity index (χ4n) is 9.01. The first-order valence-electron chi connectivity index (χ1n) is 20.6. The van der Waals surface area contributed by atoms with E-state index in [1.807, 2.05) is 0 Å². The van der Waals surface area contributed by atoms with Crippen molar-refractivity contribution in [2.45, 2.75) is 0 Å². The van der Waals surface area contributed by atoms with Crippen LogP contribution in [-0.4, -0.2) is 4.57 Å². The maximum atomic E-state index is 2.42. The van der Waals surface area contributed by atoms with Gasteiger partial charge in [0, 0.05) is 33.5 Å². The Labute approximate surface area is 350 Å². The molecule has 0 unspecified atom stereocenters. The fourth-order valence-corrected chi connectivity index (χ4v) is 9.01. The first kappa shape index (κ1) is 35.2. The molecule has 0 bridgehead atoms. The molecule has 1 heterocycles. The average molecular weight is 765 g/mol. The molecule has 0 N–H and O–H groups in total. The third-order valence-electron chi connectivity index (χ3n) is 11.8. The van der Waals surface area contributed by atoms with Crippen molar-refractivity contribution in [1.82, 2.24) is 4.57 Å². The van der Waals surface area contributed by atoms with Gasteiger partial charge in [0.15, 0.2) is 0 Å². The Hall–Kier alpha value is -7.94. The highest BCUT2D eigenvalue weighted by Crippen LogP contribution is 2.44. The van der Waals surface area contributed by atoms with Crippen molar-refractivity contribution < 1.29 is 0 Å². The van der Waals surface area contributed by atoms with Crippen molar-refractivity contribution in [3.05, 3.63) is 243 Å². The lowest BCUT2D eigenvalue weighted by molar-refractivity contribution is 1.18. The van der Waals surface area contributed by atoms with Crippen molar-refractivity contribution >= 4 is 49.6 Å². The predicted octanol–water partition coefficient (Wildman–Crippen LogP) is 16.1. The van der Waals surface area contributed by atoms with Gasteiger partial charge in [-0.05, 0) is 116 Å². The van der Waals surface area contributed by atoms with Crippen molar-refractivity contribution in [2.24, 2.45) is 0 Å². The second-order valence-electron chi connectivity index (χ2n) is 15.3. The van der Waals surface area contributed by atoms with Gasteiger partial charge in [-0.25, -0.2) is 0 Å². The van der Waals surface area contributed by atoms with Gasteiger partial charge in [-0.1, -0.05) is 182 Å². The minimum Gasteiger partial charge on any atom is -0.310 e. The second kappa shape index (κ2) is 15.1. The Morgan fingerprint density at radius 1 is 0.283 bits per heavy atom. The minimum atomic E-state index is 1.09. The van der Waals surface area contributed by atoms with Crippen LogP contribution in [0.2, 0.25) is 0 Å². The van der Waals surface area contributed by atoms with Gasteiger partial charge in [-0.15, -0.1) is 0 Å². The van der Waals surface area contributed by atoms with Crippen LogP contribution in [0.1, 0.15) is 0 Å². The van der Waals surface area contributed by atoms with Gasteiger partial charge in [0.25, 0.3) is 0 Å². The highest BCUT2D eigenvalue weighted by atomic mass is 15.1. The monoisotopic (exact) mass is 764 g/mol. The Morgan fingerprint density at radius 3 is 1.48 bits per heavy atom. The Bertz CT molecular complexity index is 3270. The highest BCUT2D eigenvalue weighted by Gasteiger charge is 2.20. The van der Waals surface area contributed by atoms with Crippen molar-refractivity contribution in [2.75, 3.05) is 4.90 Å². The molecule has 0 aliphatic heterocycles. The summed E-state index contributed by atoms with van der Waals surface area (Å²) in [5.74, 6) is 0. The standard InChI is InChI=1S/C58H40N2/c1-4-16-41(17-5-1)42-30-35-48(36-31-42)59(49-37-32-45(33-38-49)52-26-13-12-25-51(52)43-18-6-2-7-19-43)50-24-14-21-46(40-50)54-28-15-29-55-58(54)57-53-27-11-10-20-44(53)34-39-56(57)60(55)47-22-8-3-9-23-47/h1-40H. The van der Waals surface area contributed by atoms with E-state index in [2.05, 4.69) is 252 Å². The third-order valence-corrected chi connectivity index (χ3v) is 11.8. The van der Waals surface area contributed by atoms with Crippen LogP contribution >= 0.6 is 0 Å². The molecule has 0 radical (unpaired) electrons. The Morgan fingerprint density at radius 2 is 0.783 bits per heavy atom. The number of benzene rings is 10. The quantitative estimate of drug-likeness (QED) is 0.150. The summed E-state index contributed by atoms with van der Waals surface area (Å²) >= 11 is 0. The molecule has 0 fully saturated rings. The average Bonchev–Trinajstić information content (AvgIpc) is 3.68. The van der Waals surface area contributed by atoms with Gasteiger partial charge in [0.1, 0.15) is 0 Å². The second-order valence-corrected chi connectivity index (χ2v) is 15.3. The fraction of sp³-hybridized carbons (Fsp3) is 0. The molecule has 60 heavy (non-hydrogen) atoms. The topological polar surface area (TPSA) is 8.17 Å². The smallest absolute Gasteiger partial charge is 0.0547 e. The Kier molecular flexibility index (Phi) is 8.87. The molecular formula is C58H40N2. The van der Waals surface area contributed by atoms with Crippen molar-refractivity contribution in [3.63, 3.8) is 0 Å². The van der Waals surface area contributed by atoms with Gasteiger partial charge in [-0.3, -0.25) is 0 Å². The third kappa shape index (κ3) is 6.23. The molecule has 1 aromatic heterocycles. The van der Waals surface area contributed by atoms with Gasteiger partial charge < -0.3 is 9.47 Å². The number of para-hydroxylation sites is 1. The first-order chi connectivity index (χ1) is 29.8. The van der Waals surface area contributed by atoms with Crippen LogP contribution in [0.25, 0.3) is 82.8 Å². The molecule has 0 atom stereocenters. The number of hydrogen-bond donors (Lipinski definition) is 0. The molecule has 0 spiro atoms. The van der Waals surface area contributed by atoms with E-state index in [-0.39, 0.29) is 0 Å². The van der Waals surface area contributed by atoms with Gasteiger partial charge in [0.2, 0.25) is 0 Å². The SMILES string of the molecule is c1ccc(-c2ccc(N(c3ccc(-c4ccccc4-c4ccccc4)cc3)c3cccc(-c4cccc5c4c4c6ccccc6ccc4n5-c4ccccc4)c3)cc2)cc1. The zero-order chi connectivity index (χ0) is 39.8. The van der Waals surface area contributed by atoms with E-state index < -0.39 is 0 Å². The van der Waals surface area contributed by atoms with Gasteiger partial charge in [-0.2, -0.15) is 0 Å². The maximum absolute atomic E-state index is 2.42. The number of hydrogen-bond acceptors (Lipinski definition) is 1. The van der Waals surface area contributed by atoms with Crippen molar-refractivity contribution in [1.29, 1.82) is 0 Å². The molecule has 0 saturated heterocycles. The van der Waals surface area contributed by atoms with E-state index >= 15 is 0 Å². The van der Waals surface area contributed by atoms with Crippen LogP contribution in [0.5, 0.6) is 0 Å². The van der Waals surface area contributed by atoms with Gasteiger partial charge in [0.05, 0.1) is 11.0 Å². The normalized spacial score (nSPS) is 11.3. The number of fused-ring (bicyclic) bond motifs is 5.